The molecule has 0 aliphatic heterocycles. The first-order valence-electron chi connectivity index (χ1n) is 7.78. The molecule has 1 aromatic carbocycles. The van der Waals surface area contributed by atoms with Crippen molar-refractivity contribution in [3.63, 3.8) is 0 Å². The van der Waals surface area contributed by atoms with Crippen LogP contribution in [0, 0.1) is 5.41 Å². The molecule has 3 heteroatoms. The van der Waals surface area contributed by atoms with Crippen molar-refractivity contribution in [1.29, 1.82) is 0 Å². The van der Waals surface area contributed by atoms with Crippen LogP contribution in [-0.4, -0.2) is 17.5 Å². The molecule has 2 aliphatic rings. The van der Waals surface area contributed by atoms with Gasteiger partial charge in [0.1, 0.15) is 17.6 Å². The van der Waals surface area contributed by atoms with Gasteiger partial charge in [-0.2, -0.15) is 0 Å². The summed E-state index contributed by atoms with van der Waals surface area (Å²) >= 11 is 3.87. The van der Waals surface area contributed by atoms with Crippen molar-refractivity contribution in [1.82, 2.24) is 0 Å². The summed E-state index contributed by atoms with van der Waals surface area (Å²) in [6, 6.07) is 8.06. The van der Waals surface area contributed by atoms with E-state index < -0.39 is 0 Å². The van der Waals surface area contributed by atoms with Gasteiger partial charge in [-0.1, -0.05) is 41.3 Å². The molecule has 2 aliphatic carbocycles. The number of alkyl halides is 1. The summed E-state index contributed by atoms with van der Waals surface area (Å²) in [6.45, 7) is 2.70. The van der Waals surface area contributed by atoms with Crippen molar-refractivity contribution in [3.05, 3.63) is 24.3 Å². The maximum absolute atomic E-state index is 6.29. The molecule has 1 aromatic rings. The number of halogens is 1. The van der Waals surface area contributed by atoms with Crippen molar-refractivity contribution < 1.29 is 9.47 Å². The predicted molar refractivity (Wildman–Crippen MR) is 84.9 cm³/mol. The second-order valence-electron chi connectivity index (χ2n) is 6.01. The van der Waals surface area contributed by atoms with E-state index in [-0.39, 0.29) is 0 Å². The minimum absolute atomic E-state index is 0.365. The first kappa shape index (κ1) is 14.2. The molecule has 2 nitrogen and oxygen atoms in total. The Labute approximate surface area is 130 Å². The van der Waals surface area contributed by atoms with E-state index in [0.29, 0.717) is 23.0 Å². The molecule has 1 spiro atoms. The summed E-state index contributed by atoms with van der Waals surface area (Å²) in [4.78, 5) is 0.635. The number of benzene rings is 1. The third-order valence-electron chi connectivity index (χ3n) is 4.87. The number of hydrogen-bond acceptors (Lipinski definition) is 2. The van der Waals surface area contributed by atoms with Crippen LogP contribution in [0.4, 0.5) is 0 Å². The fourth-order valence-corrected chi connectivity index (χ4v) is 4.77. The average Bonchev–Trinajstić information content (AvgIpc) is 2.49. The Hall–Kier alpha value is -0.700. The summed E-state index contributed by atoms with van der Waals surface area (Å²) in [6.07, 6.45) is 8.18. The lowest BCUT2D eigenvalue weighted by atomic mass is 9.58. The molecule has 0 aromatic heterocycles. The van der Waals surface area contributed by atoms with E-state index in [0.717, 1.165) is 17.9 Å². The molecule has 2 saturated carbocycles. The van der Waals surface area contributed by atoms with Gasteiger partial charge in [-0.05, 0) is 38.3 Å². The maximum Gasteiger partial charge on any atom is 0.123 e. The highest BCUT2D eigenvalue weighted by atomic mass is 79.9. The molecule has 3 rings (SSSR count). The van der Waals surface area contributed by atoms with Crippen molar-refractivity contribution in [2.45, 2.75) is 56.4 Å². The predicted octanol–water partition coefficient (Wildman–Crippen LogP) is 4.95. The third-order valence-corrected chi connectivity index (χ3v) is 6.15. The van der Waals surface area contributed by atoms with Gasteiger partial charge in [0.2, 0.25) is 0 Å². The highest BCUT2D eigenvalue weighted by Crippen LogP contribution is 2.56. The molecule has 110 valence electrons. The van der Waals surface area contributed by atoms with Gasteiger partial charge in [-0.15, -0.1) is 0 Å². The van der Waals surface area contributed by atoms with Crippen molar-refractivity contribution in [2.24, 2.45) is 5.41 Å². The number of hydrogen-bond donors (Lipinski definition) is 0. The lowest BCUT2D eigenvalue weighted by Gasteiger charge is -2.55. The zero-order valence-electron chi connectivity index (χ0n) is 12.1. The quantitative estimate of drug-likeness (QED) is 0.723. The molecule has 20 heavy (non-hydrogen) atoms. The fourth-order valence-electron chi connectivity index (χ4n) is 3.68. The van der Waals surface area contributed by atoms with Crippen LogP contribution in [0.15, 0.2) is 24.3 Å². The van der Waals surface area contributed by atoms with Crippen LogP contribution in [0.25, 0.3) is 0 Å². The van der Waals surface area contributed by atoms with Gasteiger partial charge in [0.25, 0.3) is 0 Å². The smallest absolute Gasteiger partial charge is 0.123 e. The van der Waals surface area contributed by atoms with Crippen molar-refractivity contribution in [2.75, 3.05) is 6.61 Å². The molecule has 0 heterocycles. The molecular weight excluding hydrogens is 316 g/mol. The zero-order valence-corrected chi connectivity index (χ0v) is 13.7. The third kappa shape index (κ3) is 2.57. The summed E-state index contributed by atoms with van der Waals surface area (Å²) in [5.41, 5.74) is 0.375. The Kier molecular flexibility index (Phi) is 4.25. The molecule has 2 unspecified atom stereocenters. The van der Waals surface area contributed by atoms with Gasteiger partial charge in [0.05, 0.1) is 6.61 Å². The van der Waals surface area contributed by atoms with Crippen molar-refractivity contribution in [3.8, 4) is 11.5 Å². The Bertz CT molecular complexity index is 454. The summed E-state index contributed by atoms with van der Waals surface area (Å²) < 4.78 is 11.8. The second kappa shape index (κ2) is 5.97. The van der Waals surface area contributed by atoms with E-state index >= 15 is 0 Å². The zero-order chi connectivity index (χ0) is 14.0. The lowest BCUT2D eigenvalue weighted by Crippen LogP contribution is -2.57. The number of rotatable bonds is 4. The van der Waals surface area contributed by atoms with Crippen LogP contribution >= 0.6 is 15.9 Å². The Morgan fingerprint density at radius 1 is 1.20 bits per heavy atom. The first-order valence-corrected chi connectivity index (χ1v) is 8.70. The van der Waals surface area contributed by atoms with Crippen LogP contribution in [0.2, 0.25) is 0 Å². The Balaban J connectivity index is 1.69. The molecule has 0 N–H and O–H groups in total. The minimum atomic E-state index is 0.365. The molecule has 0 saturated heterocycles. The SMILES string of the molecule is CCOc1cccc(OC2CC(Br)C23CCCCC3)c1. The fraction of sp³-hybridized carbons (Fsp3) is 0.647. The standard InChI is InChI=1S/C17H23BrO2/c1-2-19-13-7-6-8-14(11-13)20-16-12-15(18)17(16)9-4-3-5-10-17/h6-8,11,15-16H,2-5,9-10,12H2,1H3. The van der Waals surface area contributed by atoms with Gasteiger partial charge in [0.15, 0.2) is 0 Å². The average molecular weight is 339 g/mol. The Morgan fingerprint density at radius 3 is 2.65 bits per heavy atom. The van der Waals surface area contributed by atoms with Gasteiger partial charge >= 0.3 is 0 Å². The highest BCUT2D eigenvalue weighted by molar-refractivity contribution is 9.09. The van der Waals surface area contributed by atoms with Crippen LogP contribution in [0.5, 0.6) is 11.5 Å². The Morgan fingerprint density at radius 2 is 1.95 bits per heavy atom. The summed E-state index contributed by atoms with van der Waals surface area (Å²) in [5.74, 6) is 1.85. The van der Waals surface area contributed by atoms with Gasteiger partial charge in [0, 0.05) is 16.3 Å². The monoisotopic (exact) mass is 338 g/mol. The van der Waals surface area contributed by atoms with Crippen LogP contribution in [0.3, 0.4) is 0 Å². The second-order valence-corrected chi connectivity index (χ2v) is 7.12. The van der Waals surface area contributed by atoms with Gasteiger partial charge < -0.3 is 9.47 Å². The van der Waals surface area contributed by atoms with Crippen LogP contribution in [-0.2, 0) is 0 Å². The molecule has 0 bridgehead atoms. The van der Waals surface area contributed by atoms with E-state index in [1.165, 1.54) is 32.1 Å². The maximum atomic E-state index is 6.29. The van der Waals surface area contributed by atoms with Gasteiger partial charge in [-0.3, -0.25) is 0 Å². The largest absolute Gasteiger partial charge is 0.494 e. The van der Waals surface area contributed by atoms with Gasteiger partial charge in [-0.25, -0.2) is 0 Å². The highest BCUT2D eigenvalue weighted by Gasteiger charge is 2.55. The van der Waals surface area contributed by atoms with E-state index in [9.17, 15) is 0 Å². The van der Waals surface area contributed by atoms with E-state index in [2.05, 4.69) is 15.9 Å². The van der Waals surface area contributed by atoms with E-state index in [1.54, 1.807) is 0 Å². The van der Waals surface area contributed by atoms with Crippen LogP contribution < -0.4 is 9.47 Å². The molecule has 0 radical (unpaired) electrons. The minimum Gasteiger partial charge on any atom is -0.494 e. The summed E-state index contributed by atoms with van der Waals surface area (Å²) in [7, 11) is 0. The number of ether oxygens (including phenoxy) is 2. The van der Waals surface area contributed by atoms with Crippen LogP contribution in [0.1, 0.15) is 45.4 Å². The summed E-state index contributed by atoms with van der Waals surface area (Å²) in [5, 5.41) is 0. The first-order chi connectivity index (χ1) is 9.74. The topological polar surface area (TPSA) is 18.5 Å². The van der Waals surface area contributed by atoms with E-state index in [4.69, 9.17) is 9.47 Å². The van der Waals surface area contributed by atoms with E-state index in [1.807, 2.05) is 31.2 Å². The molecule has 2 atom stereocenters. The normalized spacial score (nSPS) is 27.9. The molecule has 2 fully saturated rings. The lowest BCUT2D eigenvalue weighted by molar-refractivity contribution is -0.0602. The van der Waals surface area contributed by atoms with Crippen molar-refractivity contribution >= 4 is 15.9 Å². The molecule has 0 amide bonds. The molecular formula is C17H23BrO2.